The van der Waals surface area contributed by atoms with Crippen molar-refractivity contribution in [3.63, 3.8) is 0 Å². The van der Waals surface area contributed by atoms with Gasteiger partial charge in [-0.25, -0.2) is 19.9 Å². The summed E-state index contributed by atoms with van der Waals surface area (Å²) < 4.78 is 35.3. The molecule has 2 saturated heterocycles. The molecule has 15 heteroatoms. The first-order valence-electron chi connectivity index (χ1n) is 16.6. The lowest BCUT2D eigenvalue weighted by molar-refractivity contribution is -0.141. The third-order valence-electron chi connectivity index (χ3n) is 10.0. The van der Waals surface area contributed by atoms with Gasteiger partial charge in [0, 0.05) is 90.0 Å². The number of methoxy groups -OCH3 is 6. The van der Waals surface area contributed by atoms with E-state index in [4.69, 9.17) is 28.4 Å². The maximum atomic E-state index is 16.1. The van der Waals surface area contributed by atoms with Gasteiger partial charge in [-0.3, -0.25) is 14.6 Å². The summed E-state index contributed by atoms with van der Waals surface area (Å²) in [5, 5.41) is 0. The van der Waals surface area contributed by atoms with Crippen LogP contribution in [0, 0.1) is 0 Å². The smallest absolute Gasteiger partial charge is 0.225 e. The van der Waals surface area contributed by atoms with Crippen LogP contribution in [0.4, 0.5) is 11.9 Å². The van der Waals surface area contributed by atoms with Crippen LogP contribution in [0.5, 0.6) is 0 Å². The highest BCUT2D eigenvalue weighted by Crippen LogP contribution is 2.46. The Morgan fingerprint density at radius 2 is 0.900 bits per heavy atom. The number of anilines is 2. The lowest BCUT2D eigenvalue weighted by Gasteiger charge is -2.53. The molecule has 2 aliphatic heterocycles. The molecule has 2 unspecified atom stereocenters. The first-order chi connectivity index (χ1) is 24.4. The van der Waals surface area contributed by atoms with Crippen LogP contribution >= 0.6 is 0 Å². The average molecular weight is 691 g/mol. The molecule has 4 aliphatic rings. The zero-order valence-electron chi connectivity index (χ0n) is 29.6. The van der Waals surface area contributed by atoms with E-state index in [1.165, 1.54) is 0 Å². The molecule has 2 atom stereocenters. The Balaban J connectivity index is 1.46. The van der Waals surface area contributed by atoms with E-state index in [1.807, 2.05) is 12.2 Å². The molecule has 15 nitrogen and oxygen atoms in total. The number of piperazine rings is 2. The van der Waals surface area contributed by atoms with E-state index in [1.54, 1.807) is 79.6 Å². The van der Waals surface area contributed by atoms with E-state index in [-0.39, 0.29) is 18.6 Å². The minimum atomic E-state index is -1.22. The highest BCUT2D eigenvalue weighted by atomic mass is 16.5. The van der Waals surface area contributed by atoms with E-state index in [9.17, 15) is 0 Å². The van der Waals surface area contributed by atoms with Crippen molar-refractivity contribution in [2.24, 2.45) is 0 Å². The van der Waals surface area contributed by atoms with E-state index < -0.39 is 11.1 Å². The summed E-state index contributed by atoms with van der Waals surface area (Å²) in [6.07, 6.45) is 11.2. The topological polar surface area (TPSA) is 137 Å². The first kappa shape index (κ1) is 35.0. The van der Waals surface area contributed by atoms with Gasteiger partial charge in [-0.15, -0.1) is 0 Å². The molecule has 268 valence electrons. The molecule has 0 radical (unpaired) electrons. The lowest BCUT2D eigenvalue weighted by atomic mass is 9.70. The molecular formula is C35H46N8O7. The second-order valence-corrected chi connectivity index (χ2v) is 12.3. The zero-order valence-corrected chi connectivity index (χ0v) is 29.6. The van der Waals surface area contributed by atoms with Crippen LogP contribution < -0.4 is 9.80 Å². The number of ether oxygens (including phenoxy) is 6. The number of carbonyl (C=O) groups excluding carboxylic acids is 1. The summed E-state index contributed by atoms with van der Waals surface area (Å²) in [5.41, 5.74) is -2.44. The maximum Gasteiger partial charge on any atom is 0.225 e. The van der Waals surface area contributed by atoms with Crippen LogP contribution in [0.15, 0.2) is 83.6 Å². The third-order valence-corrected chi connectivity index (χ3v) is 10.0. The van der Waals surface area contributed by atoms with E-state index in [0.29, 0.717) is 98.8 Å². The predicted molar refractivity (Wildman–Crippen MR) is 184 cm³/mol. The summed E-state index contributed by atoms with van der Waals surface area (Å²) in [6.45, 7) is 4.61. The van der Waals surface area contributed by atoms with Crippen LogP contribution in [-0.4, -0.2) is 142 Å². The van der Waals surface area contributed by atoms with Crippen molar-refractivity contribution in [2.75, 3.05) is 105 Å². The summed E-state index contributed by atoms with van der Waals surface area (Å²) in [7, 11) is 9.47. The second-order valence-electron chi connectivity index (χ2n) is 12.3. The number of ketones is 1. The molecule has 6 rings (SSSR count). The van der Waals surface area contributed by atoms with Crippen molar-refractivity contribution < 1.29 is 33.2 Å². The summed E-state index contributed by atoms with van der Waals surface area (Å²) in [5.74, 6) is 4.02. The minimum Gasteiger partial charge on any atom is -0.497 e. The summed E-state index contributed by atoms with van der Waals surface area (Å²) in [4.78, 5) is 42.7. The van der Waals surface area contributed by atoms with Crippen LogP contribution in [0.1, 0.15) is 12.8 Å². The first-order valence-corrected chi connectivity index (χ1v) is 16.6. The van der Waals surface area contributed by atoms with Crippen molar-refractivity contribution in [3.8, 4) is 0 Å². The Bertz CT molecular complexity index is 1520. The lowest BCUT2D eigenvalue weighted by Crippen LogP contribution is -2.70. The van der Waals surface area contributed by atoms with Gasteiger partial charge in [0.25, 0.3) is 0 Å². The Kier molecular flexibility index (Phi) is 10.4. The monoisotopic (exact) mass is 690 g/mol. The Morgan fingerprint density at radius 3 is 1.20 bits per heavy atom. The molecule has 0 N–H and O–H groups in total. The van der Waals surface area contributed by atoms with Gasteiger partial charge in [0.2, 0.25) is 11.9 Å². The SMILES string of the molecule is COC1=CC(C(=O)C2(N3CCN(c4ncccn4)CC3)C=C(OC)C(OC)=C(OC)C2)(N2CCN(c3ncccn3)CC2)CC(OC)=C1OC. The number of hydrogen-bond donors (Lipinski definition) is 0. The molecule has 2 aromatic heterocycles. The van der Waals surface area contributed by atoms with Gasteiger partial charge in [-0.2, -0.15) is 0 Å². The molecule has 2 aliphatic carbocycles. The molecule has 0 saturated carbocycles. The van der Waals surface area contributed by atoms with Crippen molar-refractivity contribution in [3.05, 3.63) is 83.6 Å². The fourth-order valence-corrected chi connectivity index (χ4v) is 7.53. The normalized spacial score (nSPS) is 25.1. The van der Waals surface area contributed by atoms with Gasteiger partial charge in [-0.1, -0.05) is 0 Å². The fourth-order valence-electron chi connectivity index (χ4n) is 7.53. The van der Waals surface area contributed by atoms with Crippen molar-refractivity contribution >= 4 is 17.7 Å². The van der Waals surface area contributed by atoms with Crippen molar-refractivity contribution in [1.29, 1.82) is 0 Å². The Morgan fingerprint density at radius 1 is 0.540 bits per heavy atom. The molecular weight excluding hydrogens is 644 g/mol. The number of hydrogen-bond acceptors (Lipinski definition) is 15. The van der Waals surface area contributed by atoms with Crippen molar-refractivity contribution in [2.45, 2.75) is 23.9 Å². The number of nitrogens with zero attached hydrogens (tertiary/aromatic N) is 8. The zero-order chi connectivity index (χ0) is 35.3. The summed E-state index contributed by atoms with van der Waals surface area (Å²) >= 11 is 0. The highest BCUT2D eigenvalue weighted by molar-refractivity contribution is 6.01. The standard InChI is InChI=1S/C35H46N8O7/c1-45-25-21-34(22-26(46-2)29(25)49-5,42-17-13-40(14-18-42)32-36-9-7-10-37-32)31(44)35(23-27(47-3)30(50-6)28(24-35)48-4)43-19-15-41(16-20-43)33-38-11-8-12-39-33/h7-12,21,23H,13-20,22,24H2,1-6H3. The van der Waals surface area contributed by atoms with Gasteiger partial charge < -0.3 is 38.2 Å². The quantitative estimate of drug-likeness (QED) is 0.321. The molecule has 0 aromatic carbocycles. The highest BCUT2D eigenvalue weighted by Gasteiger charge is 2.59. The van der Waals surface area contributed by atoms with Gasteiger partial charge in [0.15, 0.2) is 28.8 Å². The molecule has 50 heavy (non-hydrogen) atoms. The molecule has 4 heterocycles. The van der Waals surface area contributed by atoms with Gasteiger partial charge in [-0.05, 0) is 24.3 Å². The van der Waals surface area contributed by atoms with Crippen LogP contribution in [0.25, 0.3) is 0 Å². The van der Waals surface area contributed by atoms with E-state index in [0.717, 1.165) is 0 Å². The average Bonchev–Trinajstić information content (AvgIpc) is 3.20. The van der Waals surface area contributed by atoms with E-state index in [2.05, 4.69) is 39.5 Å². The fraction of sp³-hybridized carbons (Fsp3) is 0.514. The number of carbonyl (C=O) groups is 1. The minimum absolute atomic E-state index is 0.0719. The third kappa shape index (κ3) is 6.19. The van der Waals surface area contributed by atoms with Crippen LogP contribution in [0.2, 0.25) is 0 Å². The molecule has 0 amide bonds. The number of rotatable bonds is 12. The van der Waals surface area contributed by atoms with E-state index >= 15 is 4.79 Å². The van der Waals surface area contributed by atoms with Crippen molar-refractivity contribution in [1.82, 2.24) is 29.7 Å². The van der Waals surface area contributed by atoms with Gasteiger partial charge in [0.1, 0.15) is 22.6 Å². The Hall–Kier alpha value is -4.89. The molecule has 2 fully saturated rings. The molecule has 2 aromatic rings. The predicted octanol–water partition coefficient (Wildman–Crippen LogP) is 2.13. The maximum absolute atomic E-state index is 16.1. The molecule has 0 spiro atoms. The van der Waals surface area contributed by atoms with Gasteiger partial charge in [0.05, 0.1) is 42.7 Å². The largest absolute Gasteiger partial charge is 0.497 e. The summed E-state index contributed by atoms with van der Waals surface area (Å²) in [6, 6.07) is 3.60. The van der Waals surface area contributed by atoms with Crippen LogP contribution in [0.3, 0.4) is 0 Å². The van der Waals surface area contributed by atoms with Gasteiger partial charge >= 0.3 is 0 Å². The molecule has 0 bridgehead atoms. The Labute approximate surface area is 292 Å². The number of aromatic nitrogens is 4. The van der Waals surface area contributed by atoms with Crippen LogP contribution in [-0.2, 0) is 33.2 Å². The number of Topliss-reactive ketones (excluding diaryl/α,β-unsaturated/α-hetero) is 1. The second kappa shape index (κ2) is 14.9.